The third-order valence-corrected chi connectivity index (χ3v) is 2.14. The number of carbonyl (C=O) groups excluding carboxylic acids is 1. The van der Waals surface area contributed by atoms with E-state index < -0.39 is 11.9 Å². The first-order valence-corrected chi connectivity index (χ1v) is 5.57. The first-order valence-electron chi connectivity index (χ1n) is 5.57. The van der Waals surface area contributed by atoms with E-state index in [1.54, 1.807) is 32.9 Å². The number of rotatable bonds is 5. The average molecular weight is 252 g/mol. The standard InChI is InChI=1S/C13H16O5/c1-8(2)18-11(14)7-17-12-9(3)5-4-6-10(12)13(15)16/h4-6,8H,7H2,1-3H3,(H,15,16). The van der Waals surface area contributed by atoms with Gasteiger partial charge in [0.25, 0.3) is 0 Å². The zero-order valence-electron chi connectivity index (χ0n) is 10.6. The molecule has 5 heteroatoms. The van der Waals surface area contributed by atoms with E-state index in [9.17, 15) is 9.59 Å². The van der Waals surface area contributed by atoms with Crippen molar-refractivity contribution in [3.8, 4) is 5.75 Å². The topological polar surface area (TPSA) is 72.8 Å². The van der Waals surface area contributed by atoms with Crippen molar-refractivity contribution >= 4 is 11.9 Å². The molecule has 0 heterocycles. The molecule has 0 aliphatic carbocycles. The molecule has 0 saturated heterocycles. The summed E-state index contributed by atoms with van der Waals surface area (Å²) >= 11 is 0. The van der Waals surface area contributed by atoms with Gasteiger partial charge in [0, 0.05) is 0 Å². The summed E-state index contributed by atoms with van der Waals surface area (Å²) < 4.78 is 10.1. The van der Waals surface area contributed by atoms with Gasteiger partial charge in [0.2, 0.25) is 0 Å². The molecule has 0 aromatic heterocycles. The number of benzene rings is 1. The molecule has 0 radical (unpaired) electrons. The minimum absolute atomic E-state index is 0.0346. The lowest BCUT2D eigenvalue weighted by Crippen LogP contribution is -2.19. The Morgan fingerprint density at radius 2 is 2.00 bits per heavy atom. The van der Waals surface area contributed by atoms with Gasteiger partial charge in [0.1, 0.15) is 11.3 Å². The first kappa shape index (κ1) is 14.0. The van der Waals surface area contributed by atoms with Crippen LogP contribution < -0.4 is 4.74 Å². The Labute approximate surface area is 105 Å². The maximum atomic E-state index is 11.3. The summed E-state index contributed by atoms with van der Waals surface area (Å²) in [5.41, 5.74) is 0.694. The molecule has 0 bridgehead atoms. The normalized spacial score (nSPS) is 10.2. The predicted octanol–water partition coefficient (Wildman–Crippen LogP) is 2.02. The van der Waals surface area contributed by atoms with Gasteiger partial charge in [0.15, 0.2) is 6.61 Å². The molecule has 1 rings (SSSR count). The van der Waals surface area contributed by atoms with E-state index in [2.05, 4.69) is 0 Å². The summed E-state index contributed by atoms with van der Waals surface area (Å²) in [6.07, 6.45) is -0.225. The van der Waals surface area contributed by atoms with Crippen LogP contribution in [0.4, 0.5) is 0 Å². The molecule has 0 aliphatic heterocycles. The third kappa shape index (κ3) is 3.76. The highest BCUT2D eigenvalue weighted by molar-refractivity contribution is 5.91. The lowest BCUT2D eigenvalue weighted by molar-refractivity contribution is -0.149. The van der Waals surface area contributed by atoms with Crippen LogP contribution in [0.25, 0.3) is 0 Å². The Morgan fingerprint density at radius 3 is 2.56 bits per heavy atom. The van der Waals surface area contributed by atoms with Crippen molar-refractivity contribution in [1.29, 1.82) is 0 Å². The fourth-order valence-electron chi connectivity index (χ4n) is 1.44. The lowest BCUT2D eigenvalue weighted by Gasteiger charge is -2.12. The average Bonchev–Trinajstić information content (AvgIpc) is 2.25. The van der Waals surface area contributed by atoms with Gasteiger partial charge in [0.05, 0.1) is 6.10 Å². The van der Waals surface area contributed by atoms with Gasteiger partial charge in [-0.1, -0.05) is 12.1 Å². The van der Waals surface area contributed by atoms with Crippen LogP contribution in [0.15, 0.2) is 18.2 Å². The van der Waals surface area contributed by atoms with Crippen molar-refractivity contribution in [2.45, 2.75) is 26.9 Å². The Morgan fingerprint density at radius 1 is 1.33 bits per heavy atom. The number of hydrogen-bond donors (Lipinski definition) is 1. The van der Waals surface area contributed by atoms with Gasteiger partial charge in [-0.15, -0.1) is 0 Å². The Bertz CT molecular complexity index is 451. The number of aryl methyl sites for hydroxylation is 1. The molecule has 0 atom stereocenters. The summed E-state index contributed by atoms with van der Waals surface area (Å²) in [5.74, 6) is -1.42. The van der Waals surface area contributed by atoms with E-state index in [0.29, 0.717) is 5.56 Å². The second-order valence-electron chi connectivity index (χ2n) is 4.08. The van der Waals surface area contributed by atoms with Crippen LogP contribution in [-0.2, 0) is 9.53 Å². The molecule has 0 aliphatic rings. The Kier molecular flexibility index (Phi) is 4.71. The van der Waals surface area contributed by atoms with Crippen LogP contribution >= 0.6 is 0 Å². The van der Waals surface area contributed by atoms with Crippen LogP contribution in [-0.4, -0.2) is 29.8 Å². The fraction of sp³-hybridized carbons (Fsp3) is 0.385. The molecule has 1 aromatic carbocycles. The van der Waals surface area contributed by atoms with E-state index in [-0.39, 0.29) is 24.0 Å². The monoisotopic (exact) mass is 252 g/mol. The lowest BCUT2D eigenvalue weighted by atomic mass is 10.1. The van der Waals surface area contributed by atoms with Crippen LogP contribution in [0.3, 0.4) is 0 Å². The molecule has 0 fully saturated rings. The molecule has 0 unspecified atom stereocenters. The highest BCUT2D eigenvalue weighted by Gasteiger charge is 2.15. The Balaban J connectivity index is 2.78. The number of ether oxygens (including phenoxy) is 2. The molecule has 18 heavy (non-hydrogen) atoms. The van der Waals surface area contributed by atoms with Gasteiger partial charge < -0.3 is 14.6 Å². The van der Waals surface area contributed by atoms with Gasteiger partial charge in [-0.25, -0.2) is 9.59 Å². The number of para-hydroxylation sites is 1. The first-order chi connectivity index (χ1) is 8.41. The van der Waals surface area contributed by atoms with Crippen molar-refractivity contribution in [3.05, 3.63) is 29.3 Å². The second kappa shape index (κ2) is 6.05. The zero-order valence-corrected chi connectivity index (χ0v) is 10.6. The number of hydrogen-bond acceptors (Lipinski definition) is 4. The summed E-state index contributed by atoms with van der Waals surface area (Å²) in [6, 6.07) is 4.77. The number of carboxylic acid groups (broad SMARTS) is 1. The zero-order chi connectivity index (χ0) is 13.7. The van der Waals surface area contributed by atoms with Crippen LogP contribution in [0.2, 0.25) is 0 Å². The van der Waals surface area contributed by atoms with E-state index in [1.165, 1.54) is 6.07 Å². The smallest absolute Gasteiger partial charge is 0.344 e. The molecule has 0 amide bonds. The van der Waals surface area contributed by atoms with Gasteiger partial charge in [-0.05, 0) is 32.4 Å². The minimum Gasteiger partial charge on any atom is -0.481 e. The molecule has 1 aromatic rings. The summed E-state index contributed by atoms with van der Waals surface area (Å²) in [4.78, 5) is 22.3. The summed E-state index contributed by atoms with van der Waals surface area (Å²) in [5, 5.41) is 9.00. The summed E-state index contributed by atoms with van der Waals surface area (Å²) in [6.45, 7) is 4.88. The quantitative estimate of drug-likeness (QED) is 0.811. The van der Waals surface area contributed by atoms with E-state index in [1.807, 2.05) is 0 Å². The van der Waals surface area contributed by atoms with Crippen molar-refractivity contribution in [3.63, 3.8) is 0 Å². The number of aromatic carboxylic acids is 1. The highest BCUT2D eigenvalue weighted by Crippen LogP contribution is 2.23. The Hall–Kier alpha value is -2.04. The number of esters is 1. The molecule has 0 saturated carbocycles. The molecule has 98 valence electrons. The van der Waals surface area contributed by atoms with Gasteiger partial charge in [-0.2, -0.15) is 0 Å². The SMILES string of the molecule is Cc1cccc(C(=O)O)c1OCC(=O)OC(C)C. The van der Waals surface area contributed by atoms with Gasteiger partial charge in [-0.3, -0.25) is 0 Å². The summed E-state index contributed by atoms with van der Waals surface area (Å²) in [7, 11) is 0. The predicted molar refractivity (Wildman–Crippen MR) is 64.9 cm³/mol. The van der Waals surface area contributed by atoms with Crippen LogP contribution in [0.5, 0.6) is 5.75 Å². The second-order valence-corrected chi connectivity index (χ2v) is 4.08. The number of carboxylic acids is 1. The molecular formula is C13H16O5. The highest BCUT2D eigenvalue weighted by atomic mass is 16.6. The van der Waals surface area contributed by atoms with Gasteiger partial charge >= 0.3 is 11.9 Å². The van der Waals surface area contributed by atoms with E-state index in [4.69, 9.17) is 14.6 Å². The maximum absolute atomic E-state index is 11.3. The van der Waals surface area contributed by atoms with E-state index in [0.717, 1.165) is 0 Å². The van der Waals surface area contributed by atoms with Crippen molar-refractivity contribution in [1.82, 2.24) is 0 Å². The van der Waals surface area contributed by atoms with Crippen molar-refractivity contribution in [2.75, 3.05) is 6.61 Å². The van der Waals surface area contributed by atoms with Crippen molar-refractivity contribution in [2.24, 2.45) is 0 Å². The maximum Gasteiger partial charge on any atom is 0.344 e. The largest absolute Gasteiger partial charge is 0.481 e. The third-order valence-electron chi connectivity index (χ3n) is 2.14. The molecule has 0 spiro atoms. The molecular weight excluding hydrogens is 236 g/mol. The van der Waals surface area contributed by atoms with E-state index >= 15 is 0 Å². The van der Waals surface area contributed by atoms with Crippen LogP contribution in [0.1, 0.15) is 29.8 Å². The molecule has 1 N–H and O–H groups in total. The van der Waals surface area contributed by atoms with Crippen LogP contribution in [0, 0.1) is 6.92 Å². The fourth-order valence-corrected chi connectivity index (χ4v) is 1.44. The molecule has 5 nitrogen and oxygen atoms in total. The minimum atomic E-state index is -1.09. The number of carbonyl (C=O) groups is 2. The van der Waals surface area contributed by atoms with Crippen molar-refractivity contribution < 1.29 is 24.2 Å².